The number of amides is 1. The van der Waals surface area contributed by atoms with Crippen LogP contribution < -0.4 is 5.32 Å². The number of benzene rings is 1. The zero-order valence-corrected chi connectivity index (χ0v) is 9.64. The fourth-order valence-electron chi connectivity index (χ4n) is 1.91. The molecule has 1 aromatic heterocycles. The molecule has 1 N–H and O–H groups in total. The van der Waals surface area contributed by atoms with Gasteiger partial charge in [0, 0.05) is 17.3 Å². The first-order valence-electron chi connectivity index (χ1n) is 5.59. The summed E-state index contributed by atoms with van der Waals surface area (Å²) in [6, 6.07) is 5.93. The van der Waals surface area contributed by atoms with E-state index in [1.807, 2.05) is 6.92 Å². The van der Waals surface area contributed by atoms with E-state index in [1.54, 1.807) is 18.3 Å². The van der Waals surface area contributed by atoms with E-state index in [9.17, 15) is 9.18 Å². The minimum Gasteiger partial charge on any atom is -0.310 e. The summed E-state index contributed by atoms with van der Waals surface area (Å²) < 4.78 is 12.8. The van der Waals surface area contributed by atoms with Crippen molar-refractivity contribution in [2.24, 2.45) is 0 Å². The first-order chi connectivity index (χ1) is 8.65. The third kappa shape index (κ3) is 1.64. The highest BCUT2D eigenvalue weighted by Crippen LogP contribution is 2.31. The molecular weight excluding hydrogens is 233 g/mol. The number of rotatable bonds is 1. The molecule has 5 heteroatoms. The normalized spacial score (nSPS) is 17.4. The van der Waals surface area contributed by atoms with Crippen LogP contribution in [0.4, 0.5) is 10.2 Å². The molecule has 4 nitrogen and oxygen atoms in total. The van der Waals surface area contributed by atoms with E-state index in [2.05, 4.69) is 15.3 Å². The quantitative estimate of drug-likeness (QED) is 0.836. The van der Waals surface area contributed by atoms with E-state index in [1.165, 1.54) is 12.1 Å². The molecule has 0 spiro atoms. The Morgan fingerprint density at radius 1 is 1.28 bits per heavy atom. The van der Waals surface area contributed by atoms with Gasteiger partial charge in [-0.25, -0.2) is 14.4 Å². The van der Waals surface area contributed by atoms with Gasteiger partial charge < -0.3 is 5.32 Å². The smallest absolute Gasteiger partial charge is 0.232 e. The van der Waals surface area contributed by atoms with Crippen molar-refractivity contribution >= 4 is 11.7 Å². The Labute approximate surface area is 103 Å². The van der Waals surface area contributed by atoms with Crippen LogP contribution in [0, 0.1) is 5.82 Å². The van der Waals surface area contributed by atoms with Crippen LogP contribution in [0.25, 0.3) is 11.4 Å². The molecule has 1 aliphatic heterocycles. The van der Waals surface area contributed by atoms with Gasteiger partial charge in [-0.05, 0) is 31.2 Å². The monoisotopic (exact) mass is 243 g/mol. The SMILES string of the molecule is CC1C(=O)Nc2nc(-c3ccc(F)cc3)ncc21. The van der Waals surface area contributed by atoms with Gasteiger partial charge in [0.25, 0.3) is 0 Å². The van der Waals surface area contributed by atoms with Gasteiger partial charge >= 0.3 is 0 Å². The molecular formula is C13H10FN3O. The Balaban J connectivity index is 2.04. The second kappa shape index (κ2) is 3.87. The summed E-state index contributed by atoms with van der Waals surface area (Å²) in [5, 5.41) is 2.70. The van der Waals surface area contributed by atoms with E-state index < -0.39 is 0 Å². The molecule has 0 saturated heterocycles. The van der Waals surface area contributed by atoms with Crippen LogP contribution in [0.5, 0.6) is 0 Å². The molecule has 1 atom stereocenters. The maximum absolute atomic E-state index is 12.8. The Bertz CT molecular complexity index is 625. The first-order valence-corrected chi connectivity index (χ1v) is 5.59. The van der Waals surface area contributed by atoms with Gasteiger partial charge in [-0.15, -0.1) is 0 Å². The third-order valence-corrected chi connectivity index (χ3v) is 3.02. The molecule has 18 heavy (non-hydrogen) atoms. The maximum atomic E-state index is 12.8. The summed E-state index contributed by atoms with van der Waals surface area (Å²) in [4.78, 5) is 20.0. The van der Waals surface area contributed by atoms with Crippen LogP contribution in [0.2, 0.25) is 0 Å². The summed E-state index contributed by atoms with van der Waals surface area (Å²) in [6.07, 6.45) is 1.64. The Morgan fingerprint density at radius 3 is 2.72 bits per heavy atom. The number of aromatic nitrogens is 2. The van der Waals surface area contributed by atoms with Crippen LogP contribution in [0.15, 0.2) is 30.5 Å². The largest absolute Gasteiger partial charge is 0.310 e. The van der Waals surface area contributed by atoms with Crippen LogP contribution in [0.1, 0.15) is 18.4 Å². The zero-order chi connectivity index (χ0) is 12.7. The van der Waals surface area contributed by atoms with Crippen molar-refractivity contribution < 1.29 is 9.18 Å². The van der Waals surface area contributed by atoms with Crippen molar-refractivity contribution in [3.8, 4) is 11.4 Å². The van der Waals surface area contributed by atoms with Gasteiger partial charge in [0.05, 0.1) is 5.92 Å². The molecule has 0 bridgehead atoms. The molecule has 0 radical (unpaired) electrons. The van der Waals surface area contributed by atoms with E-state index >= 15 is 0 Å². The molecule has 1 unspecified atom stereocenters. The molecule has 1 aliphatic rings. The van der Waals surface area contributed by atoms with Crippen molar-refractivity contribution in [3.63, 3.8) is 0 Å². The number of fused-ring (bicyclic) bond motifs is 1. The number of halogens is 1. The van der Waals surface area contributed by atoms with E-state index in [4.69, 9.17) is 0 Å². The van der Waals surface area contributed by atoms with Gasteiger partial charge in [0.15, 0.2) is 5.82 Å². The second-order valence-corrected chi connectivity index (χ2v) is 4.22. The molecule has 2 aromatic rings. The highest BCUT2D eigenvalue weighted by molar-refractivity contribution is 6.01. The summed E-state index contributed by atoms with van der Waals surface area (Å²) in [6.45, 7) is 1.81. The maximum Gasteiger partial charge on any atom is 0.232 e. The third-order valence-electron chi connectivity index (χ3n) is 3.02. The number of anilines is 1. The van der Waals surface area contributed by atoms with Gasteiger partial charge in [-0.3, -0.25) is 4.79 Å². The van der Waals surface area contributed by atoms with Crippen molar-refractivity contribution in [1.82, 2.24) is 9.97 Å². The number of carbonyl (C=O) groups excluding carboxylic acids is 1. The second-order valence-electron chi connectivity index (χ2n) is 4.22. The first kappa shape index (κ1) is 10.8. The van der Waals surface area contributed by atoms with E-state index in [-0.39, 0.29) is 17.6 Å². The molecule has 90 valence electrons. The summed E-state index contributed by atoms with van der Waals surface area (Å²) >= 11 is 0. The predicted octanol–water partition coefficient (Wildman–Crippen LogP) is 2.34. The van der Waals surface area contributed by atoms with Crippen molar-refractivity contribution in [2.75, 3.05) is 5.32 Å². The predicted molar refractivity (Wildman–Crippen MR) is 64.5 cm³/mol. The summed E-state index contributed by atoms with van der Waals surface area (Å²) in [5.41, 5.74) is 1.51. The van der Waals surface area contributed by atoms with Crippen molar-refractivity contribution in [3.05, 3.63) is 41.8 Å². The Morgan fingerprint density at radius 2 is 2.00 bits per heavy atom. The lowest BCUT2D eigenvalue weighted by Gasteiger charge is -2.03. The summed E-state index contributed by atoms with van der Waals surface area (Å²) in [5.74, 6) is 0.421. The average molecular weight is 243 g/mol. The van der Waals surface area contributed by atoms with Crippen LogP contribution in [0.3, 0.4) is 0 Å². The minimum atomic E-state index is -0.304. The number of hydrogen-bond acceptors (Lipinski definition) is 3. The molecule has 0 aliphatic carbocycles. The Kier molecular flexibility index (Phi) is 2.33. The van der Waals surface area contributed by atoms with Crippen LogP contribution in [-0.2, 0) is 4.79 Å². The molecule has 1 aromatic carbocycles. The lowest BCUT2D eigenvalue weighted by Crippen LogP contribution is -2.08. The number of carbonyl (C=O) groups is 1. The van der Waals surface area contributed by atoms with Gasteiger partial charge in [-0.1, -0.05) is 0 Å². The van der Waals surface area contributed by atoms with Crippen LogP contribution in [-0.4, -0.2) is 15.9 Å². The van der Waals surface area contributed by atoms with Gasteiger partial charge in [0.1, 0.15) is 11.6 Å². The standard InChI is InChI=1S/C13H10FN3O/c1-7-10-6-15-11(16-12(10)17-13(7)18)8-2-4-9(14)5-3-8/h2-7H,1H3,(H,15,16,17,18). The molecule has 0 fully saturated rings. The molecule has 2 heterocycles. The molecule has 1 amide bonds. The fraction of sp³-hybridized carbons (Fsp3) is 0.154. The highest BCUT2D eigenvalue weighted by Gasteiger charge is 2.28. The summed E-state index contributed by atoms with van der Waals surface area (Å²) in [7, 11) is 0. The minimum absolute atomic E-state index is 0.0736. The highest BCUT2D eigenvalue weighted by atomic mass is 19.1. The number of hydrogen-bond donors (Lipinski definition) is 1. The lowest BCUT2D eigenvalue weighted by molar-refractivity contribution is -0.116. The van der Waals surface area contributed by atoms with Crippen molar-refractivity contribution in [2.45, 2.75) is 12.8 Å². The van der Waals surface area contributed by atoms with Crippen molar-refractivity contribution in [1.29, 1.82) is 0 Å². The van der Waals surface area contributed by atoms with Gasteiger partial charge in [0.2, 0.25) is 5.91 Å². The van der Waals surface area contributed by atoms with Crippen LogP contribution >= 0.6 is 0 Å². The topological polar surface area (TPSA) is 54.9 Å². The zero-order valence-electron chi connectivity index (χ0n) is 9.64. The number of nitrogens with one attached hydrogen (secondary N) is 1. The number of nitrogens with zero attached hydrogens (tertiary/aromatic N) is 2. The Hall–Kier alpha value is -2.30. The average Bonchev–Trinajstić information content (AvgIpc) is 2.65. The molecule has 0 saturated carbocycles. The van der Waals surface area contributed by atoms with E-state index in [0.717, 1.165) is 5.56 Å². The van der Waals surface area contributed by atoms with E-state index in [0.29, 0.717) is 17.2 Å². The molecule has 3 rings (SSSR count). The lowest BCUT2D eigenvalue weighted by atomic mass is 10.1. The fourth-order valence-corrected chi connectivity index (χ4v) is 1.91. The van der Waals surface area contributed by atoms with Gasteiger partial charge in [-0.2, -0.15) is 0 Å².